The molecule has 2 aromatic carbocycles. The van der Waals surface area contributed by atoms with Crippen LogP contribution in [0.15, 0.2) is 90.6 Å². The third-order valence-electron chi connectivity index (χ3n) is 5.21. The fraction of sp³-hybridized carbons (Fsp3) is 0.160. The van der Waals surface area contributed by atoms with E-state index < -0.39 is 22.6 Å². The first-order valence-corrected chi connectivity index (χ1v) is 12.2. The number of carbonyl (C=O) groups is 1. The zero-order valence-electron chi connectivity index (χ0n) is 19.0. The maximum Gasteiger partial charge on any atom is 0.341 e. The molecule has 0 bridgehead atoms. The lowest BCUT2D eigenvalue weighted by Gasteiger charge is -2.22. The van der Waals surface area contributed by atoms with Crippen LogP contribution in [0.4, 0.5) is 0 Å². The Morgan fingerprint density at radius 2 is 1.80 bits per heavy atom. The summed E-state index contributed by atoms with van der Waals surface area (Å²) in [7, 11) is -2.22. The van der Waals surface area contributed by atoms with E-state index in [1.54, 1.807) is 48.3 Å². The minimum Gasteiger partial charge on any atom is -0.482 e. The highest BCUT2D eigenvalue weighted by Crippen LogP contribution is 2.24. The van der Waals surface area contributed by atoms with Gasteiger partial charge in [-0.15, -0.1) is 0 Å². The molecule has 0 saturated heterocycles. The van der Waals surface area contributed by atoms with Crippen molar-refractivity contribution in [1.82, 2.24) is 18.8 Å². The molecule has 0 aliphatic heterocycles. The Bertz CT molecular complexity index is 1400. The smallest absolute Gasteiger partial charge is 0.341 e. The second-order valence-electron chi connectivity index (χ2n) is 7.92. The first-order valence-electron chi connectivity index (χ1n) is 10.7. The summed E-state index contributed by atoms with van der Waals surface area (Å²) < 4.78 is 35.1. The van der Waals surface area contributed by atoms with Crippen molar-refractivity contribution in [3.8, 4) is 16.9 Å². The molecule has 0 saturated carbocycles. The van der Waals surface area contributed by atoms with E-state index in [0.717, 1.165) is 16.7 Å². The van der Waals surface area contributed by atoms with Crippen molar-refractivity contribution in [2.45, 2.75) is 18.1 Å². The SMILES string of the molecule is Cn1cnc(S(=O)(=O)N(Cc2ccc(-c3cccnc3)cc2)Cc2cccc(OCC(=O)O)c2)c1. The van der Waals surface area contributed by atoms with Crippen LogP contribution in [0, 0.1) is 0 Å². The van der Waals surface area contributed by atoms with Crippen LogP contribution in [0.5, 0.6) is 5.75 Å². The van der Waals surface area contributed by atoms with E-state index in [1.807, 2.05) is 36.4 Å². The molecule has 0 atom stereocenters. The lowest BCUT2D eigenvalue weighted by atomic mass is 10.1. The Morgan fingerprint density at radius 1 is 1.03 bits per heavy atom. The molecule has 1 N–H and O–H groups in total. The predicted molar refractivity (Wildman–Crippen MR) is 129 cm³/mol. The van der Waals surface area contributed by atoms with Gasteiger partial charge in [-0.3, -0.25) is 4.98 Å². The number of pyridine rings is 1. The van der Waals surface area contributed by atoms with Gasteiger partial charge in [-0.25, -0.2) is 18.2 Å². The molecule has 0 radical (unpaired) electrons. The average molecular weight is 493 g/mol. The molecule has 0 spiro atoms. The maximum absolute atomic E-state index is 13.5. The standard InChI is InChI=1S/C25H24N4O5S/c1-28-16-24(27-18-28)35(32,33)29(15-20-4-2-6-23(12-20)34-17-25(30)31)14-19-7-9-21(10-8-19)22-5-3-11-26-13-22/h2-13,16,18H,14-15,17H2,1H3,(H,30,31). The lowest BCUT2D eigenvalue weighted by Crippen LogP contribution is -2.30. The van der Waals surface area contributed by atoms with Crippen molar-refractivity contribution >= 4 is 16.0 Å². The van der Waals surface area contributed by atoms with Crippen LogP contribution in [0.2, 0.25) is 0 Å². The normalized spacial score (nSPS) is 11.5. The van der Waals surface area contributed by atoms with E-state index in [0.29, 0.717) is 11.3 Å². The zero-order valence-corrected chi connectivity index (χ0v) is 19.8. The number of nitrogens with zero attached hydrogens (tertiary/aromatic N) is 4. The number of aryl methyl sites for hydroxylation is 1. The van der Waals surface area contributed by atoms with E-state index in [2.05, 4.69) is 9.97 Å². The summed E-state index contributed by atoms with van der Waals surface area (Å²) in [6, 6.07) is 18.2. The third kappa shape index (κ3) is 6.11. The van der Waals surface area contributed by atoms with Gasteiger partial charge in [-0.05, 0) is 40.5 Å². The van der Waals surface area contributed by atoms with Crippen LogP contribution < -0.4 is 4.74 Å². The van der Waals surface area contributed by atoms with Gasteiger partial charge in [0.2, 0.25) is 0 Å². The monoisotopic (exact) mass is 492 g/mol. The van der Waals surface area contributed by atoms with Gasteiger partial charge in [0.25, 0.3) is 10.0 Å². The van der Waals surface area contributed by atoms with E-state index in [1.165, 1.54) is 16.8 Å². The molecule has 0 amide bonds. The van der Waals surface area contributed by atoms with Crippen LogP contribution in [-0.2, 0) is 35.0 Å². The minimum atomic E-state index is -3.92. The Balaban J connectivity index is 1.61. The van der Waals surface area contributed by atoms with Gasteiger partial charge in [0.15, 0.2) is 11.6 Å². The number of hydrogen-bond donors (Lipinski definition) is 1. The van der Waals surface area contributed by atoms with Gasteiger partial charge >= 0.3 is 5.97 Å². The molecule has 0 aliphatic carbocycles. The number of carboxylic acids is 1. The fourth-order valence-electron chi connectivity index (χ4n) is 3.50. The van der Waals surface area contributed by atoms with Gasteiger partial charge in [-0.2, -0.15) is 4.31 Å². The Morgan fingerprint density at radius 3 is 2.46 bits per heavy atom. The van der Waals surface area contributed by atoms with Crippen molar-refractivity contribution < 1.29 is 23.1 Å². The molecule has 9 nitrogen and oxygen atoms in total. The number of rotatable bonds is 10. The van der Waals surface area contributed by atoms with Crippen molar-refractivity contribution in [3.05, 3.63) is 96.7 Å². The molecular weight excluding hydrogens is 468 g/mol. The quantitative estimate of drug-likeness (QED) is 0.361. The number of sulfonamides is 1. The molecule has 0 unspecified atom stereocenters. The van der Waals surface area contributed by atoms with E-state index >= 15 is 0 Å². The van der Waals surface area contributed by atoms with Gasteiger partial charge in [0, 0.05) is 38.7 Å². The Hall–Kier alpha value is -4.02. The van der Waals surface area contributed by atoms with Crippen LogP contribution in [0.25, 0.3) is 11.1 Å². The highest BCUT2D eigenvalue weighted by Gasteiger charge is 2.27. The van der Waals surface area contributed by atoms with Crippen molar-refractivity contribution in [1.29, 1.82) is 0 Å². The number of benzene rings is 2. The lowest BCUT2D eigenvalue weighted by molar-refractivity contribution is -0.139. The summed E-state index contributed by atoms with van der Waals surface area (Å²) in [5.41, 5.74) is 3.40. The molecule has 0 fully saturated rings. The second kappa shape index (κ2) is 10.5. The molecule has 4 rings (SSSR count). The predicted octanol–water partition coefficient (Wildman–Crippen LogP) is 3.34. The van der Waals surface area contributed by atoms with Crippen molar-refractivity contribution in [3.63, 3.8) is 0 Å². The van der Waals surface area contributed by atoms with Crippen molar-refractivity contribution in [2.24, 2.45) is 7.05 Å². The highest BCUT2D eigenvalue weighted by atomic mass is 32.2. The Labute approximate surface area is 203 Å². The summed E-state index contributed by atoms with van der Waals surface area (Å²) in [6.07, 6.45) is 6.38. The first-order chi connectivity index (χ1) is 16.8. The molecule has 35 heavy (non-hydrogen) atoms. The summed E-state index contributed by atoms with van der Waals surface area (Å²) in [4.78, 5) is 19.0. The van der Waals surface area contributed by atoms with Crippen LogP contribution >= 0.6 is 0 Å². The maximum atomic E-state index is 13.5. The van der Waals surface area contributed by atoms with Crippen LogP contribution in [-0.4, -0.2) is 44.9 Å². The molecule has 10 heteroatoms. The Kier molecular flexibility index (Phi) is 7.23. The average Bonchev–Trinajstić information content (AvgIpc) is 3.31. The molecule has 180 valence electrons. The van der Waals surface area contributed by atoms with Crippen LogP contribution in [0.3, 0.4) is 0 Å². The number of hydrogen-bond acceptors (Lipinski definition) is 6. The number of ether oxygens (including phenoxy) is 1. The highest BCUT2D eigenvalue weighted by molar-refractivity contribution is 7.89. The summed E-state index contributed by atoms with van der Waals surface area (Å²) >= 11 is 0. The molecular formula is C25H24N4O5S. The van der Waals surface area contributed by atoms with Gasteiger partial charge in [0.1, 0.15) is 5.75 Å². The van der Waals surface area contributed by atoms with E-state index in [-0.39, 0.29) is 18.1 Å². The summed E-state index contributed by atoms with van der Waals surface area (Å²) in [5, 5.41) is 8.80. The van der Waals surface area contributed by atoms with Gasteiger partial charge in [0.05, 0.1) is 6.33 Å². The van der Waals surface area contributed by atoms with E-state index in [9.17, 15) is 13.2 Å². The summed E-state index contributed by atoms with van der Waals surface area (Å²) in [5.74, 6) is -0.745. The molecule has 2 aromatic heterocycles. The summed E-state index contributed by atoms with van der Waals surface area (Å²) in [6.45, 7) is -0.317. The first kappa shape index (κ1) is 24.1. The molecule has 4 aromatic rings. The minimum absolute atomic E-state index is 0.0491. The van der Waals surface area contributed by atoms with Gasteiger partial charge in [-0.1, -0.05) is 42.5 Å². The number of aliphatic carboxylic acids is 1. The molecule has 2 heterocycles. The third-order valence-corrected chi connectivity index (χ3v) is 6.89. The van der Waals surface area contributed by atoms with Gasteiger partial charge < -0.3 is 14.4 Å². The molecule has 0 aliphatic rings. The van der Waals surface area contributed by atoms with E-state index in [4.69, 9.17) is 9.84 Å². The number of aromatic nitrogens is 3. The second-order valence-corrected chi connectivity index (χ2v) is 9.80. The zero-order chi connectivity index (χ0) is 24.8. The number of carboxylic acid groups (broad SMARTS) is 1. The number of imidazole rings is 1. The van der Waals surface area contributed by atoms with Crippen LogP contribution in [0.1, 0.15) is 11.1 Å². The van der Waals surface area contributed by atoms with Crippen molar-refractivity contribution in [2.75, 3.05) is 6.61 Å². The topological polar surface area (TPSA) is 115 Å². The largest absolute Gasteiger partial charge is 0.482 e. The fourth-order valence-corrected chi connectivity index (χ4v) is 4.88.